The van der Waals surface area contributed by atoms with E-state index in [2.05, 4.69) is 22.7 Å². The third kappa shape index (κ3) is 6.63. The number of nitrogens with one attached hydrogen (secondary N) is 1. The lowest BCUT2D eigenvalue weighted by molar-refractivity contribution is -0.384. The van der Waals surface area contributed by atoms with Crippen LogP contribution in [0.5, 0.6) is 11.5 Å². The number of carbonyl (C=O) groups is 1. The van der Waals surface area contributed by atoms with Crippen molar-refractivity contribution in [2.24, 2.45) is 5.10 Å². The van der Waals surface area contributed by atoms with E-state index in [0.29, 0.717) is 23.1 Å². The lowest BCUT2D eigenvalue weighted by atomic mass is 10.1. The Labute approximate surface area is 239 Å². The molecule has 0 saturated carbocycles. The van der Waals surface area contributed by atoms with E-state index in [1.165, 1.54) is 35.6 Å². The highest BCUT2D eigenvalue weighted by Crippen LogP contribution is 2.39. The second-order valence-corrected chi connectivity index (χ2v) is 9.63. The lowest BCUT2D eigenvalue weighted by Gasteiger charge is -2.11. The van der Waals surface area contributed by atoms with Crippen molar-refractivity contribution in [2.45, 2.75) is 6.92 Å². The highest BCUT2D eigenvalue weighted by Gasteiger charge is 2.16. The molecule has 0 radical (unpaired) electrons. The zero-order chi connectivity index (χ0) is 28.6. The summed E-state index contributed by atoms with van der Waals surface area (Å²) in [6.07, 6.45) is 1.62. The van der Waals surface area contributed by atoms with Crippen LogP contribution in [0.3, 0.4) is 0 Å². The Morgan fingerprint density at radius 1 is 0.951 bits per heavy atom. The molecule has 204 valence electrons. The van der Waals surface area contributed by atoms with Crippen molar-refractivity contribution in [1.29, 1.82) is 0 Å². The van der Waals surface area contributed by atoms with Crippen molar-refractivity contribution in [2.75, 3.05) is 12.0 Å². The third-order valence-corrected chi connectivity index (χ3v) is 6.88. The van der Waals surface area contributed by atoms with Crippen LogP contribution in [0.15, 0.2) is 108 Å². The van der Waals surface area contributed by atoms with Gasteiger partial charge in [0.05, 0.1) is 33.9 Å². The highest BCUT2D eigenvalue weighted by molar-refractivity contribution is 7.19. The molecule has 1 N–H and O–H groups in total. The Kier molecular flexibility index (Phi) is 8.41. The van der Waals surface area contributed by atoms with Crippen LogP contribution in [-0.4, -0.2) is 28.7 Å². The molecule has 0 aliphatic rings. The predicted molar refractivity (Wildman–Crippen MR) is 160 cm³/mol. The number of hydrazone groups is 1. The van der Waals surface area contributed by atoms with Gasteiger partial charge in [0.2, 0.25) is 5.13 Å². The maximum absolute atomic E-state index is 12.6. The highest BCUT2D eigenvalue weighted by atomic mass is 32.1. The zero-order valence-electron chi connectivity index (χ0n) is 21.9. The summed E-state index contributed by atoms with van der Waals surface area (Å²) >= 11 is 1.51. The van der Waals surface area contributed by atoms with Gasteiger partial charge in [-0.1, -0.05) is 72.0 Å². The molecule has 4 aromatic carbocycles. The van der Waals surface area contributed by atoms with Crippen LogP contribution in [0.2, 0.25) is 0 Å². The van der Waals surface area contributed by atoms with Gasteiger partial charge >= 0.3 is 5.97 Å². The summed E-state index contributed by atoms with van der Waals surface area (Å²) in [6, 6.07) is 30.3. The van der Waals surface area contributed by atoms with Gasteiger partial charge in [0, 0.05) is 17.7 Å². The summed E-state index contributed by atoms with van der Waals surface area (Å²) in [5, 5.41) is 15.9. The number of carbonyl (C=O) groups excluding carboxylic acids is 1. The molecule has 0 spiro atoms. The molecule has 0 unspecified atom stereocenters. The molecule has 5 aromatic rings. The fraction of sp³-hybridized carbons (Fsp3) is 0.0645. The Bertz CT molecular complexity index is 1630. The summed E-state index contributed by atoms with van der Waals surface area (Å²) in [5.74, 6) is -0.0740. The van der Waals surface area contributed by atoms with Crippen molar-refractivity contribution in [1.82, 2.24) is 4.98 Å². The number of nitro benzene ring substituents is 1. The molecule has 0 aliphatic carbocycles. The smallest absolute Gasteiger partial charge is 0.343 e. The molecule has 1 heterocycles. The first-order valence-electron chi connectivity index (χ1n) is 12.7. The van der Waals surface area contributed by atoms with Crippen molar-refractivity contribution in [3.63, 3.8) is 0 Å². The molecule has 0 atom stereocenters. The standard InChI is InChI=1S/C31H24N4O5S/c1-2-39-27-19-21(13-18-26(27)40-30(36)24-14-16-25(17-15-24)35(37)38)20-32-34-31-33-28(22-9-5-3-6-10-22)29(41-31)23-11-7-4-8-12-23/h3-20H,2H2,1H3,(H,33,34)/b32-20-. The number of benzene rings is 4. The number of nitrogens with zero attached hydrogens (tertiary/aromatic N) is 3. The van der Waals surface area contributed by atoms with Crippen molar-refractivity contribution >= 4 is 34.3 Å². The van der Waals surface area contributed by atoms with Gasteiger partial charge in [-0.15, -0.1) is 0 Å². The Morgan fingerprint density at radius 3 is 2.29 bits per heavy atom. The van der Waals surface area contributed by atoms with Crippen LogP contribution >= 0.6 is 11.3 Å². The van der Waals surface area contributed by atoms with E-state index >= 15 is 0 Å². The monoisotopic (exact) mass is 564 g/mol. The Balaban J connectivity index is 1.33. The topological polar surface area (TPSA) is 116 Å². The zero-order valence-corrected chi connectivity index (χ0v) is 22.7. The van der Waals surface area contributed by atoms with E-state index in [0.717, 1.165) is 21.7 Å². The van der Waals surface area contributed by atoms with E-state index in [-0.39, 0.29) is 17.0 Å². The maximum Gasteiger partial charge on any atom is 0.343 e. The van der Waals surface area contributed by atoms with E-state index < -0.39 is 10.9 Å². The van der Waals surface area contributed by atoms with E-state index in [1.54, 1.807) is 24.4 Å². The maximum atomic E-state index is 12.6. The number of hydrogen-bond acceptors (Lipinski definition) is 9. The summed E-state index contributed by atoms with van der Waals surface area (Å²) in [6.45, 7) is 2.17. The van der Waals surface area contributed by atoms with E-state index in [9.17, 15) is 14.9 Å². The minimum absolute atomic E-state index is 0.112. The molecular formula is C31H24N4O5S. The number of ether oxygens (including phenoxy) is 2. The Morgan fingerprint density at radius 2 is 1.63 bits per heavy atom. The molecule has 5 rings (SSSR count). The number of non-ortho nitro benzene ring substituents is 1. The number of aromatic nitrogens is 1. The van der Waals surface area contributed by atoms with Gasteiger partial charge in [-0.3, -0.25) is 15.5 Å². The molecule has 1 aromatic heterocycles. The second kappa shape index (κ2) is 12.7. The average molecular weight is 565 g/mol. The van der Waals surface area contributed by atoms with Gasteiger partial charge in [0.25, 0.3) is 5.69 Å². The fourth-order valence-corrected chi connectivity index (χ4v) is 4.89. The quantitative estimate of drug-likeness (QED) is 0.0616. The largest absolute Gasteiger partial charge is 0.490 e. The van der Waals surface area contributed by atoms with Gasteiger partial charge in [-0.05, 0) is 48.4 Å². The van der Waals surface area contributed by atoms with Crippen LogP contribution < -0.4 is 14.9 Å². The molecule has 0 saturated heterocycles. The van der Waals surface area contributed by atoms with Gasteiger partial charge < -0.3 is 9.47 Å². The van der Waals surface area contributed by atoms with Gasteiger partial charge in [0.1, 0.15) is 0 Å². The summed E-state index contributed by atoms with van der Waals surface area (Å²) in [7, 11) is 0. The molecule has 41 heavy (non-hydrogen) atoms. The van der Waals surface area contributed by atoms with Gasteiger partial charge in [0.15, 0.2) is 11.5 Å². The van der Waals surface area contributed by atoms with Crippen LogP contribution in [-0.2, 0) is 0 Å². The summed E-state index contributed by atoms with van der Waals surface area (Å²) < 4.78 is 11.2. The van der Waals surface area contributed by atoms with Crippen LogP contribution in [0.1, 0.15) is 22.8 Å². The van der Waals surface area contributed by atoms with Crippen LogP contribution in [0.25, 0.3) is 21.7 Å². The van der Waals surface area contributed by atoms with Crippen molar-refractivity contribution in [3.8, 4) is 33.2 Å². The first-order valence-corrected chi connectivity index (χ1v) is 13.5. The van der Waals surface area contributed by atoms with Crippen LogP contribution in [0, 0.1) is 10.1 Å². The first-order chi connectivity index (χ1) is 20.0. The SMILES string of the molecule is CCOc1cc(/C=N\Nc2nc(-c3ccccc3)c(-c3ccccc3)s2)ccc1OC(=O)c1ccc([N+](=O)[O-])cc1. The number of thiazole rings is 1. The third-order valence-electron chi connectivity index (χ3n) is 5.87. The number of anilines is 1. The van der Waals surface area contributed by atoms with E-state index in [4.69, 9.17) is 14.5 Å². The first kappa shape index (κ1) is 27.2. The second-order valence-electron chi connectivity index (χ2n) is 8.63. The lowest BCUT2D eigenvalue weighted by Crippen LogP contribution is -2.10. The van der Waals surface area contributed by atoms with Crippen molar-refractivity contribution < 1.29 is 19.2 Å². The summed E-state index contributed by atoms with van der Waals surface area (Å²) in [5.41, 5.74) is 6.76. The normalized spacial score (nSPS) is 10.9. The molecule has 0 bridgehead atoms. The minimum Gasteiger partial charge on any atom is -0.490 e. The van der Waals surface area contributed by atoms with Gasteiger partial charge in [-0.25, -0.2) is 9.78 Å². The van der Waals surface area contributed by atoms with E-state index in [1.807, 2.05) is 55.5 Å². The number of esters is 1. The van der Waals surface area contributed by atoms with Gasteiger partial charge in [-0.2, -0.15) is 5.10 Å². The average Bonchev–Trinajstić information content (AvgIpc) is 3.44. The fourth-order valence-electron chi connectivity index (χ4n) is 3.94. The number of rotatable bonds is 10. The minimum atomic E-state index is -0.656. The molecule has 10 heteroatoms. The molecule has 0 amide bonds. The number of nitro groups is 1. The molecule has 9 nitrogen and oxygen atoms in total. The summed E-state index contributed by atoms with van der Waals surface area (Å²) in [4.78, 5) is 28.8. The number of hydrogen-bond donors (Lipinski definition) is 1. The predicted octanol–water partition coefficient (Wildman–Crippen LogP) is 7.45. The molecule has 0 fully saturated rings. The Hall–Kier alpha value is -5.35. The van der Waals surface area contributed by atoms with Crippen LogP contribution in [0.4, 0.5) is 10.8 Å². The van der Waals surface area contributed by atoms with Crippen molar-refractivity contribution in [3.05, 3.63) is 124 Å². The molecule has 0 aliphatic heterocycles. The molecular weight excluding hydrogens is 540 g/mol.